The monoisotopic (exact) mass is 563 g/mol. The highest BCUT2D eigenvalue weighted by atomic mass is 79.9. The number of aromatic nitrogens is 6. The number of aliphatic carboxylic acids is 1. The third-order valence-electron chi connectivity index (χ3n) is 5.94. The second kappa shape index (κ2) is 9.97. The van der Waals surface area contributed by atoms with Crippen LogP contribution in [-0.2, 0) is 17.8 Å². The summed E-state index contributed by atoms with van der Waals surface area (Å²) in [7, 11) is 0. The zero-order valence-electron chi connectivity index (χ0n) is 19.9. The van der Waals surface area contributed by atoms with Gasteiger partial charge in [0.1, 0.15) is 29.4 Å². The molecule has 5 aromatic rings. The van der Waals surface area contributed by atoms with E-state index in [-0.39, 0.29) is 0 Å². The van der Waals surface area contributed by atoms with Gasteiger partial charge in [0.05, 0.1) is 10.2 Å². The number of furan rings is 1. The van der Waals surface area contributed by atoms with Gasteiger partial charge in [-0.15, -0.1) is 10.2 Å². The lowest BCUT2D eigenvalue weighted by Gasteiger charge is -2.12. The van der Waals surface area contributed by atoms with Crippen LogP contribution in [0.15, 0.2) is 51.4 Å². The Morgan fingerprint density at radius 1 is 1.19 bits per heavy atom. The molecule has 11 nitrogen and oxygen atoms in total. The second-order valence-corrected chi connectivity index (χ2v) is 9.13. The van der Waals surface area contributed by atoms with Gasteiger partial charge in [0, 0.05) is 29.5 Å². The van der Waals surface area contributed by atoms with Gasteiger partial charge < -0.3 is 19.4 Å². The summed E-state index contributed by atoms with van der Waals surface area (Å²) in [5, 5.41) is 26.6. The van der Waals surface area contributed by atoms with Crippen molar-refractivity contribution in [2.45, 2.75) is 26.8 Å². The van der Waals surface area contributed by atoms with Crippen LogP contribution >= 0.6 is 15.9 Å². The van der Waals surface area contributed by atoms with E-state index in [1.165, 1.54) is 0 Å². The molecular formula is C25H22BrN7O4. The van der Waals surface area contributed by atoms with Crippen LogP contribution in [-0.4, -0.2) is 53.7 Å². The topological polar surface area (TPSA) is 152 Å². The van der Waals surface area contributed by atoms with Crippen LogP contribution in [0.4, 0.5) is 0 Å². The average molecular weight is 564 g/mol. The number of hydrogen-bond donors (Lipinski definition) is 3. The van der Waals surface area contributed by atoms with E-state index in [9.17, 15) is 9.59 Å². The molecule has 12 heteroatoms. The molecule has 3 aromatic heterocycles. The van der Waals surface area contributed by atoms with Crippen LogP contribution in [0.5, 0.6) is 0 Å². The minimum absolute atomic E-state index is 0.346. The fourth-order valence-corrected chi connectivity index (χ4v) is 4.92. The van der Waals surface area contributed by atoms with Gasteiger partial charge >= 0.3 is 5.97 Å². The summed E-state index contributed by atoms with van der Waals surface area (Å²) in [6.07, 6.45) is 0.613. The Labute approximate surface area is 219 Å². The zero-order valence-corrected chi connectivity index (χ0v) is 21.5. The zero-order chi connectivity index (χ0) is 26.1. The lowest BCUT2D eigenvalue weighted by Crippen LogP contribution is -2.31. The Balaban J connectivity index is 1.53. The Bertz CT molecular complexity index is 1620. The van der Waals surface area contributed by atoms with Crippen molar-refractivity contribution in [3.63, 3.8) is 0 Å². The van der Waals surface area contributed by atoms with E-state index in [1.54, 1.807) is 6.92 Å². The van der Waals surface area contributed by atoms with Gasteiger partial charge in [-0.05, 0) is 45.8 Å². The smallest absolute Gasteiger partial charge is 0.322 e. The van der Waals surface area contributed by atoms with E-state index in [4.69, 9.17) is 9.52 Å². The number of tetrazole rings is 1. The molecule has 0 fully saturated rings. The molecule has 3 heterocycles. The van der Waals surface area contributed by atoms with E-state index in [2.05, 4.69) is 46.9 Å². The third kappa shape index (κ3) is 4.62. The number of carboxylic acids is 1. The first-order chi connectivity index (χ1) is 17.9. The molecule has 0 saturated carbocycles. The Morgan fingerprint density at radius 3 is 2.68 bits per heavy atom. The van der Waals surface area contributed by atoms with E-state index >= 15 is 0 Å². The molecule has 0 aliphatic carbocycles. The van der Waals surface area contributed by atoms with Crippen molar-refractivity contribution >= 4 is 38.8 Å². The van der Waals surface area contributed by atoms with Crippen molar-refractivity contribution in [3.8, 4) is 22.7 Å². The molecular weight excluding hydrogens is 542 g/mol. The molecule has 0 aliphatic rings. The molecule has 188 valence electrons. The molecule has 0 bridgehead atoms. The summed E-state index contributed by atoms with van der Waals surface area (Å²) in [6.45, 7) is 3.62. The number of amides is 1. The summed E-state index contributed by atoms with van der Waals surface area (Å²) in [6, 6.07) is 13.4. The molecule has 0 aliphatic heterocycles. The predicted molar refractivity (Wildman–Crippen MR) is 138 cm³/mol. The molecule has 1 amide bonds. The number of nitrogens with zero attached hydrogens (tertiary/aromatic N) is 5. The van der Waals surface area contributed by atoms with Crippen LogP contribution in [0, 0.1) is 6.92 Å². The molecule has 3 N–H and O–H groups in total. The highest BCUT2D eigenvalue weighted by Crippen LogP contribution is 2.41. The molecule has 2 aromatic carbocycles. The maximum atomic E-state index is 12.8. The number of rotatable bonds is 8. The van der Waals surface area contributed by atoms with Crippen LogP contribution in [0.3, 0.4) is 0 Å². The van der Waals surface area contributed by atoms with E-state index in [0.717, 1.165) is 32.4 Å². The molecule has 0 spiro atoms. The molecule has 0 atom stereocenters. The number of benzene rings is 2. The molecule has 0 unspecified atom stereocenters. The van der Waals surface area contributed by atoms with Crippen molar-refractivity contribution in [1.29, 1.82) is 0 Å². The van der Waals surface area contributed by atoms with E-state index < -0.39 is 18.4 Å². The SMILES string of the molecule is CCc1nc(C)c(C(=O)NCC(=O)O)n1Cc1ccc2oc(-c3ccccc3-c3nn[nH]n3)c(Br)c2c1. The van der Waals surface area contributed by atoms with Crippen LogP contribution < -0.4 is 5.32 Å². The summed E-state index contributed by atoms with van der Waals surface area (Å²) < 4.78 is 8.82. The van der Waals surface area contributed by atoms with Crippen molar-refractivity contribution in [3.05, 3.63) is 69.7 Å². The Kier molecular flexibility index (Phi) is 6.57. The number of fused-ring (bicyclic) bond motifs is 1. The fourth-order valence-electron chi connectivity index (χ4n) is 4.32. The standard InChI is InChI=1S/C25H22BrN7O4/c1-3-19-28-13(2)22(25(36)27-11-20(34)35)33(19)12-14-8-9-18-17(10-14)21(26)23(37-18)15-6-4-5-7-16(15)24-29-31-32-30-24/h4-10H,3,11-12H2,1-2H3,(H,27,36)(H,34,35)(H,29,30,31,32). The number of hydrogen-bond acceptors (Lipinski definition) is 7. The lowest BCUT2D eigenvalue weighted by atomic mass is 10.0. The van der Waals surface area contributed by atoms with Gasteiger partial charge in [-0.25, -0.2) is 4.98 Å². The highest BCUT2D eigenvalue weighted by molar-refractivity contribution is 9.10. The Hall–Kier alpha value is -4.32. The van der Waals surface area contributed by atoms with Crippen LogP contribution in [0.25, 0.3) is 33.7 Å². The first kappa shape index (κ1) is 24.4. The highest BCUT2D eigenvalue weighted by Gasteiger charge is 2.22. The normalized spacial score (nSPS) is 11.2. The number of halogens is 1. The molecule has 5 rings (SSSR count). The van der Waals surface area contributed by atoms with Crippen molar-refractivity contribution in [1.82, 2.24) is 35.5 Å². The maximum absolute atomic E-state index is 12.8. The number of imidazole rings is 1. The number of aromatic amines is 1. The predicted octanol–water partition coefficient (Wildman–Crippen LogP) is 3.97. The van der Waals surface area contributed by atoms with Crippen molar-refractivity contribution in [2.75, 3.05) is 6.54 Å². The molecule has 0 saturated heterocycles. The van der Waals surface area contributed by atoms with Gasteiger partial charge in [0.2, 0.25) is 5.82 Å². The van der Waals surface area contributed by atoms with Gasteiger partial charge in [0.15, 0.2) is 0 Å². The van der Waals surface area contributed by atoms with Crippen molar-refractivity contribution < 1.29 is 19.1 Å². The summed E-state index contributed by atoms with van der Waals surface area (Å²) in [5.74, 6) is 0.241. The van der Waals surface area contributed by atoms with Crippen LogP contribution in [0.1, 0.15) is 34.5 Å². The minimum atomic E-state index is -1.11. The number of carbonyl (C=O) groups is 2. The fraction of sp³-hybridized carbons (Fsp3) is 0.200. The van der Waals surface area contributed by atoms with E-state index in [1.807, 2.05) is 54.0 Å². The first-order valence-corrected chi connectivity index (χ1v) is 12.3. The maximum Gasteiger partial charge on any atom is 0.322 e. The van der Waals surface area contributed by atoms with Gasteiger partial charge in [-0.2, -0.15) is 5.21 Å². The summed E-state index contributed by atoms with van der Waals surface area (Å²) in [5.41, 5.74) is 4.08. The second-order valence-electron chi connectivity index (χ2n) is 8.33. The summed E-state index contributed by atoms with van der Waals surface area (Å²) in [4.78, 5) is 28.3. The largest absolute Gasteiger partial charge is 0.480 e. The van der Waals surface area contributed by atoms with E-state index in [0.29, 0.717) is 41.5 Å². The van der Waals surface area contributed by atoms with Crippen LogP contribution in [0.2, 0.25) is 0 Å². The number of nitrogens with one attached hydrogen (secondary N) is 2. The number of carbonyl (C=O) groups excluding carboxylic acids is 1. The number of H-pyrrole nitrogens is 1. The number of aryl methyl sites for hydroxylation is 2. The molecule has 0 radical (unpaired) electrons. The lowest BCUT2D eigenvalue weighted by molar-refractivity contribution is -0.135. The van der Waals surface area contributed by atoms with Crippen molar-refractivity contribution in [2.24, 2.45) is 0 Å². The van der Waals surface area contributed by atoms with Gasteiger partial charge in [-0.3, -0.25) is 9.59 Å². The quantitative estimate of drug-likeness (QED) is 0.256. The average Bonchev–Trinajstić information content (AvgIpc) is 3.61. The Morgan fingerprint density at radius 2 is 1.97 bits per heavy atom. The third-order valence-corrected chi connectivity index (χ3v) is 6.73. The first-order valence-electron chi connectivity index (χ1n) is 11.5. The van der Waals surface area contributed by atoms with Gasteiger partial charge in [-0.1, -0.05) is 37.3 Å². The number of carboxylic acid groups (broad SMARTS) is 1. The minimum Gasteiger partial charge on any atom is -0.480 e. The van der Waals surface area contributed by atoms with Gasteiger partial charge in [0.25, 0.3) is 5.91 Å². The summed E-state index contributed by atoms with van der Waals surface area (Å²) >= 11 is 3.71. The molecule has 37 heavy (non-hydrogen) atoms.